The van der Waals surface area contributed by atoms with Crippen LogP contribution in [0, 0.1) is 13.8 Å². The summed E-state index contributed by atoms with van der Waals surface area (Å²) in [5, 5.41) is 11.7. The summed E-state index contributed by atoms with van der Waals surface area (Å²) in [5.74, 6) is -1.31. The molecule has 1 amide bonds. The quantitative estimate of drug-likeness (QED) is 0.839. The van der Waals surface area contributed by atoms with Crippen molar-refractivity contribution in [2.24, 2.45) is 0 Å². The highest BCUT2D eigenvalue weighted by Crippen LogP contribution is 2.23. The number of aryl methyl sites for hydroxylation is 2. The number of ether oxygens (including phenoxy) is 1. The summed E-state index contributed by atoms with van der Waals surface area (Å²) in [4.78, 5) is 22.7. The molecule has 0 heterocycles. The zero-order valence-corrected chi connectivity index (χ0v) is 10.7. The van der Waals surface area contributed by atoms with Gasteiger partial charge in [-0.1, -0.05) is 6.07 Å². The Bertz CT molecular complexity index is 468. The Hall–Kier alpha value is -1.88. The molecule has 0 radical (unpaired) electrons. The molecule has 0 fully saturated rings. The average molecular weight is 251 g/mol. The Kier molecular flexibility index (Phi) is 4.85. The second-order valence-corrected chi connectivity index (χ2v) is 4.10. The molecule has 0 bridgehead atoms. The predicted molar refractivity (Wildman–Crippen MR) is 68.0 cm³/mol. The standard InChI is InChI=1S/C13H17NO4/c1-8-6-9(2)12(10(7-8)13(16)17)14-11(15)4-5-18-3/h6-7H,4-5H2,1-3H3,(H,14,15)(H,16,17). The average Bonchev–Trinajstić information content (AvgIpc) is 2.29. The lowest BCUT2D eigenvalue weighted by Gasteiger charge is -2.12. The summed E-state index contributed by atoms with van der Waals surface area (Å²) in [6.45, 7) is 3.89. The van der Waals surface area contributed by atoms with Crippen LogP contribution < -0.4 is 5.32 Å². The van der Waals surface area contributed by atoms with Gasteiger partial charge in [0.05, 0.1) is 24.3 Å². The van der Waals surface area contributed by atoms with Crippen LogP contribution in [0.4, 0.5) is 5.69 Å². The third-order valence-electron chi connectivity index (χ3n) is 2.51. The molecule has 0 aromatic heterocycles. The molecule has 1 aromatic rings. The van der Waals surface area contributed by atoms with E-state index < -0.39 is 5.97 Å². The van der Waals surface area contributed by atoms with Crippen molar-refractivity contribution in [1.82, 2.24) is 0 Å². The molecule has 1 aromatic carbocycles. The number of hydrogen-bond donors (Lipinski definition) is 2. The highest BCUT2D eigenvalue weighted by molar-refractivity contribution is 6.01. The number of anilines is 1. The van der Waals surface area contributed by atoms with Crippen LogP contribution in [-0.2, 0) is 9.53 Å². The Labute approximate surface area is 106 Å². The maximum Gasteiger partial charge on any atom is 0.337 e. The van der Waals surface area contributed by atoms with Gasteiger partial charge in [0.1, 0.15) is 0 Å². The van der Waals surface area contributed by atoms with E-state index in [4.69, 9.17) is 9.84 Å². The van der Waals surface area contributed by atoms with Crippen molar-refractivity contribution in [3.05, 3.63) is 28.8 Å². The SMILES string of the molecule is COCCC(=O)Nc1c(C)cc(C)cc1C(=O)O. The first-order chi connectivity index (χ1) is 8.45. The molecule has 0 unspecified atom stereocenters. The summed E-state index contributed by atoms with van der Waals surface area (Å²) >= 11 is 0. The van der Waals surface area contributed by atoms with Gasteiger partial charge in [-0.2, -0.15) is 0 Å². The first kappa shape index (κ1) is 14.2. The Balaban J connectivity index is 3.00. The molecule has 5 nitrogen and oxygen atoms in total. The van der Waals surface area contributed by atoms with E-state index in [2.05, 4.69) is 5.32 Å². The van der Waals surface area contributed by atoms with Gasteiger partial charge in [0, 0.05) is 7.11 Å². The van der Waals surface area contributed by atoms with E-state index in [1.165, 1.54) is 7.11 Å². The Morgan fingerprint density at radius 2 is 2.00 bits per heavy atom. The van der Waals surface area contributed by atoms with Crippen LogP contribution in [0.5, 0.6) is 0 Å². The number of rotatable bonds is 5. The number of methoxy groups -OCH3 is 1. The number of hydrogen-bond acceptors (Lipinski definition) is 3. The molecular formula is C13H17NO4. The van der Waals surface area contributed by atoms with Crippen LogP contribution in [-0.4, -0.2) is 30.7 Å². The van der Waals surface area contributed by atoms with Gasteiger partial charge in [-0.05, 0) is 31.0 Å². The summed E-state index contributed by atoms with van der Waals surface area (Å²) < 4.78 is 4.80. The van der Waals surface area contributed by atoms with E-state index in [1.54, 1.807) is 13.0 Å². The number of carbonyl (C=O) groups excluding carboxylic acids is 1. The van der Waals surface area contributed by atoms with Crippen molar-refractivity contribution in [1.29, 1.82) is 0 Å². The van der Waals surface area contributed by atoms with Gasteiger partial charge >= 0.3 is 5.97 Å². The number of aromatic carboxylic acids is 1. The molecule has 0 atom stereocenters. The Morgan fingerprint density at radius 1 is 1.33 bits per heavy atom. The molecule has 18 heavy (non-hydrogen) atoms. The zero-order chi connectivity index (χ0) is 13.7. The van der Waals surface area contributed by atoms with Gasteiger partial charge in [0.15, 0.2) is 0 Å². The number of nitrogens with one attached hydrogen (secondary N) is 1. The highest BCUT2D eigenvalue weighted by atomic mass is 16.5. The maximum absolute atomic E-state index is 11.6. The number of benzene rings is 1. The molecule has 1 rings (SSSR count). The molecule has 0 aliphatic rings. The van der Waals surface area contributed by atoms with Crippen LogP contribution in [0.3, 0.4) is 0 Å². The highest BCUT2D eigenvalue weighted by Gasteiger charge is 2.15. The van der Waals surface area contributed by atoms with Crippen LogP contribution in [0.2, 0.25) is 0 Å². The van der Waals surface area contributed by atoms with Crippen molar-refractivity contribution in [3.8, 4) is 0 Å². The minimum absolute atomic E-state index is 0.110. The molecule has 2 N–H and O–H groups in total. The van der Waals surface area contributed by atoms with E-state index in [0.29, 0.717) is 12.3 Å². The van der Waals surface area contributed by atoms with Gasteiger partial charge < -0.3 is 15.2 Å². The maximum atomic E-state index is 11.6. The van der Waals surface area contributed by atoms with Crippen LogP contribution in [0.25, 0.3) is 0 Å². The summed E-state index contributed by atoms with van der Waals surface area (Å²) in [5.41, 5.74) is 2.05. The summed E-state index contributed by atoms with van der Waals surface area (Å²) in [6, 6.07) is 3.37. The van der Waals surface area contributed by atoms with Gasteiger partial charge in [-0.15, -0.1) is 0 Å². The van der Waals surface area contributed by atoms with E-state index in [0.717, 1.165) is 11.1 Å². The van der Waals surface area contributed by atoms with E-state index in [1.807, 2.05) is 13.0 Å². The topological polar surface area (TPSA) is 75.6 Å². The van der Waals surface area contributed by atoms with Gasteiger partial charge in [0.2, 0.25) is 5.91 Å². The monoisotopic (exact) mass is 251 g/mol. The van der Waals surface area contributed by atoms with Crippen molar-refractivity contribution in [2.75, 3.05) is 19.0 Å². The lowest BCUT2D eigenvalue weighted by molar-refractivity contribution is -0.117. The largest absolute Gasteiger partial charge is 0.478 e. The summed E-state index contributed by atoms with van der Waals surface area (Å²) in [6.07, 6.45) is 0.197. The fraction of sp³-hybridized carbons (Fsp3) is 0.385. The second kappa shape index (κ2) is 6.16. The Morgan fingerprint density at radius 3 is 2.56 bits per heavy atom. The normalized spacial score (nSPS) is 10.2. The van der Waals surface area contributed by atoms with Crippen LogP contribution in [0.15, 0.2) is 12.1 Å². The molecule has 0 saturated heterocycles. The third kappa shape index (κ3) is 3.56. The summed E-state index contributed by atoms with van der Waals surface area (Å²) in [7, 11) is 1.51. The van der Waals surface area contributed by atoms with Gasteiger partial charge in [-0.25, -0.2) is 4.79 Å². The van der Waals surface area contributed by atoms with Crippen molar-refractivity contribution < 1.29 is 19.4 Å². The molecule has 0 aliphatic heterocycles. The lowest BCUT2D eigenvalue weighted by Crippen LogP contribution is -2.17. The van der Waals surface area contributed by atoms with Crippen molar-refractivity contribution >= 4 is 17.6 Å². The van der Waals surface area contributed by atoms with E-state index in [9.17, 15) is 9.59 Å². The van der Waals surface area contributed by atoms with Crippen LogP contribution in [0.1, 0.15) is 27.9 Å². The van der Waals surface area contributed by atoms with E-state index in [-0.39, 0.29) is 17.9 Å². The molecule has 0 spiro atoms. The number of carbonyl (C=O) groups is 2. The molecule has 5 heteroatoms. The number of amides is 1. The van der Waals surface area contributed by atoms with Gasteiger partial charge in [0.25, 0.3) is 0 Å². The molecule has 98 valence electrons. The number of carboxylic acids is 1. The fourth-order valence-electron chi connectivity index (χ4n) is 1.70. The van der Waals surface area contributed by atoms with Gasteiger partial charge in [-0.3, -0.25) is 4.79 Å². The second-order valence-electron chi connectivity index (χ2n) is 4.10. The van der Waals surface area contributed by atoms with Crippen molar-refractivity contribution in [2.45, 2.75) is 20.3 Å². The predicted octanol–water partition coefficient (Wildman–Crippen LogP) is 1.98. The first-order valence-electron chi connectivity index (χ1n) is 5.59. The van der Waals surface area contributed by atoms with Crippen molar-refractivity contribution in [3.63, 3.8) is 0 Å². The van der Waals surface area contributed by atoms with E-state index >= 15 is 0 Å². The molecular weight excluding hydrogens is 234 g/mol. The third-order valence-corrected chi connectivity index (χ3v) is 2.51. The van der Waals surface area contributed by atoms with Crippen LogP contribution >= 0.6 is 0 Å². The fourth-order valence-corrected chi connectivity index (χ4v) is 1.70. The molecule has 0 saturated carbocycles. The number of carboxylic acid groups (broad SMARTS) is 1. The molecule has 0 aliphatic carbocycles. The minimum Gasteiger partial charge on any atom is -0.478 e. The first-order valence-corrected chi connectivity index (χ1v) is 5.59. The zero-order valence-electron chi connectivity index (χ0n) is 10.7. The smallest absolute Gasteiger partial charge is 0.337 e. The minimum atomic E-state index is -1.05. The lowest BCUT2D eigenvalue weighted by atomic mass is 10.0.